The summed E-state index contributed by atoms with van der Waals surface area (Å²) in [5, 5.41) is 8.92. The van der Waals surface area contributed by atoms with Crippen molar-refractivity contribution in [3.8, 4) is 17.0 Å². The van der Waals surface area contributed by atoms with Crippen molar-refractivity contribution < 1.29 is 9.53 Å². The first kappa shape index (κ1) is 19.7. The van der Waals surface area contributed by atoms with Crippen LogP contribution >= 0.6 is 0 Å². The third kappa shape index (κ3) is 3.58. The molecule has 0 aliphatic carbocycles. The highest BCUT2D eigenvalue weighted by Crippen LogP contribution is 2.42. The van der Waals surface area contributed by atoms with Crippen LogP contribution in [0.4, 0.5) is 5.82 Å². The lowest BCUT2D eigenvalue weighted by molar-refractivity contribution is 0.0224. The first-order valence-corrected chi connectivity index (χ1v) is 10.9. The quantitative estimate of drug-likeness (QED) is 0.587. The molecule has 2 aliphatic heterocycles. The van der Waals surface area contributed by atoms with Crippen molar-refractivity contribution in [1.29, 1.82) is 0 Å². The highest BCUT2D eigenvalue weighted by molar-refractivity contribution is 6.01. The van der Waals surface area contributed by atoms with Crippen LogP contribution in [0.5, 0.6) is 5.75 Å². The van der Waals surface area contributed by atoms with Gasteiger partial charge < -0.3 is 9.64 Å². The maximum atomic E-state index is 12.9. The van der Waals surface area contributed by atoms with Crippen LogP contribution in [-0.4, -0.2) is 34.7 Å². The number of carbonyl (C=O) groups excluding carboxylic acids is 1. The number of Topliss-reactive ketones (excluding diaryl/α,β-unsaturated/α-hetero) is 1. The Labute approximate surface area is 183 Å². The Hall–Kier alpha value is -3.21. The van der Waals surface area contributed by atoms with Crippen LogP contribution in [0.15, 0.2) is 48.5 Å². The van der Waals surface area contributed by atoms with Gasteiger partial charge in [0.15, 0.2) is 11.6 Å². The van der Waals surface area contributed by atoms with E-state index in [0.717, 1.165) is 65.4 Å². The van der Waals surface area contributed by atoms with Crippen LogP contribution in [-0.2, 0) is 0 Å². The van der Waals surface area contributed by atoms with Gasteiger partial charge in [-0.05, 0) is 50.1 Å². The van der Waals surface area contributed by atoms with Crippen LogP contribution in [0.2, 0.25) is 0 Å². The van der Waals surface area contributed by atoms with Gasteiger partial charge in [-0.3, -0.25) is 4.79 Å². The van der Waals surface area contributed by atoms with Gasteiger partial charge in [0, 0.05) is 31.5 Å². The summed E-state index contributed by atoms with van der Waals surface area (Å²) >= 11 is 0. The van der Waals surface area contributed by atoms with Crippen molar-refractivity contribution >= 4 is 11.6 Å². The molecule has 31 heavy (non-hydrogen) atoms. The predicted octanol–water partition coefficient (Wildman–Crippen LogP) is 5.07. The summed E-state index contributed by atoms with van der Waals surface area (Å²) < 4.78 is 6.53. The van der Waals surface area contributed by atoms with E-state index in [2.05, 4.69) is 53.2 Å². The summed E-state index contributed by atoms with van der Waals surface area (Å²) in [5.74, 6) is 1.85. The number of anilines is 1. The minimum absolute atomic E-state index is 0.194. The zero-order chi connectivity index (χ0) is 21.6. The van der Waals surface area contributed by atoms with Gasteiger partial charge in [-0.1, -0.05) is 35.9 Å². The number of nitrogens with zero attached hydrogens (tertiary/aromatic N) is 3. The molecule has 1 aromatic heterocycles. The largest absolute Gasteiger partial charge is 0.486 e. The SMILES string of the molecule is Cc1ccc(-c2ccc(N3CCC4(CC3)CC(=O)c3ccc(C)c(C)c3O4)nn2)cc1. The molecule has 158 valence electrons. The average Bonchev–Trinajstić information content (AvgIpc) is 2.78. The fourth-order valence-electron chi connectivity index (χ4n) is 4.58. The number of aromatic nitrogens is 2. The molecule has 1 saturated heterocycles. The van der Waals surface area contributed by atoms with E-state index in [4.69, 9.17) is 4.74 Å². The van der Waals surface area contributed by atoms with E-state index in [0.29, 0.717) is 6.42 Å². The van der Waals surface area contributed by atoms with Crippen LogP contribution in [0.3, 0.4) is 0 Å². The van der Waals surface area contributed by atoms with Crippen LogP contribution in [0.25, 0.3) is 11.3 Å². The fourth-order valence-corrected chi connectivity index (χ4v) is 4.58. The lowest BCUT2D eigenvalue weighted by atomic mass is 9.81. The van der Waals surface area contributed by atoms with E-state index < -0.39 is 5.60 Å². The molecule has 5 rings (SSSR count). The number of aryl methyl sites for hydroxylation is 2. The molecule has 1 spiro atoms. The third-order valence-corrected chi connectivity index (χ3v) is 6.77. The second-order valence-electron chi connectivity index (χ2n) is 8.90. The Morgan fingerprint density at radius 3 is 2.32 bits per heavy atom. The van der Waals surface area contributed by atoms with Crippen LogP contribution < -0.4 is 9.64 Å². The summed E-state index contributed by atoms with van der Waals surface area (Å²) in [7, 11) is 0. The van der Waals surface area contributed by atoms with E-state index in [1.165, 1.54) is 5.56 Å². The zero-order valence-electron chi connectivity index (χ0n) is 18.3. The number of piperidine rings is 1. The molecule has 0 atom stereocenters. The highest BCUT2D eigenvalue weighted by Gasteiger charge is 2.43. The number of hydrogen-bond acceptors (Lipinski definition) is 5. The van der Waals surface area contributed by atoms with Crippen molar-refractivity contribution in [2.75, 3.05) is 18.0 Å². The van der Waals surface area contributed by atoms with Crippen molar-refractivity contribution in [2.45, 2.75) is 45.6 Å². The predicted molar refractivity (Wildman–Crippen MR) is 122 cm³/mol. The summed E-state index contributed by atoms with van der Waals surface area (Å²) in [4.78, 5) is 15.1. The second-order valence-corrected chi connectivity index (χ2v) is 8.90. The Bertz CT molecular complexity index is 1130. The molecular weight excluding hydrogens is 386 g/mol. The standard InChI is InChI=1S/C26H27N3O2/c1-17-4-7-20(8-5-17)22-10-11-24(28-27-22)29-14-12-26(13-15-29)16-23(30)21-9-6-18(2)19(3)25(21)31-26/h4-11H,12-16H2,1-3H3. The number of ether oxygens (including phenoxy) is 1. The lowest BCUT2D eigenvalue weighted by Gasteiger charge is -2.44. The summed E-state index contributed by atoms with van der Waals surface area (Å²) in [5.41, 5.74) is 5.73. The fraction of sp³-hybridized carbons (Fsp3) is 0.346. The monoisotopic (exact) mass is 413 g/mol. The van der Waals surface area contributed by atoms with Gasteiger partial charge in [0.2, 0.25) is 0 Å². The molecule has 2 aliphatic rings. The van der Waals surface area contributed by atoms with E-state index in [9.17, 15) is 4.79 Å². The highest BCUT2D eigenvalue weighted by atomic mass is 16.5. The van der Waals surface area contributed by atoms with E-state index >= 15 is 0 Å². The molecule has 0 unspecified atom stereocenters. The molecule has 0 radical (unpaired) electrons. The molecule has 3 aromatic rings. The number of rotatable bonds is 2. The molecule has 5 heteroatoms. The third-order valence-electron chi connectivity index (χ3n) is 6.77. The Balaban J connectivity index is 1.31. The maximum absolute atomic E-state index is 12.9. The van der Waals surface area contributed by atoms with Crippen molar-refractivity contribution in [1.82, 2.24) is 10.2 Å². The normalized spacial score (nSPS) is 17.4. The number of benzene rings is 2. The van der Waals surface area contributed by atoms with Gasteiger partial charge in [-0.2, -0.15) is 0 Å². The molecular formula is C26H27N3O2. The first-order chi connectivity index (χ1) is 14.9. The van der Waals surface area contributed by atoms with Gasteiger partial charge in [0.25, 0.3) is 0 Å². The second kappa shape index (κ2) is 7.49. The van der Waals surface area contributed by atoms with E-state index in [1.807, 2.05) is 31.2 Å². The summed E-state index contributed by atoms with van der Waals surface area (Å²) in [6.07, 6.45) is 2.05. The average molecular weight is 414 g/mol. The number of hydrogen-bond donors (Lipinski definition) is 0. The zero-order valence-corrected chi connectivity index (χ0v) is 18.3. The van der Waals surface area contributed by atoms with Crippen LogP contribution in [0.1, 0.15) is 46.3 Å². The Morgan fingerprint density at radius 1 is 0.903 bits per heavy atom. The van der Waals surface area contributed by atoms with Gasteiger partial charge in [0.05, 0.1) is 17.7 Å². The number of carbonyl (C=O) groups is 1. The first-order valence-electron chi connectivity index (χ1n) is 10.9. The van der Waals surface area contributed by atoms with Gasteiger partial charge in [0.1, 0.15) is 11.4 Å². The maximum Gasteiger partial charge on any atom is 0.170 e. The number of ketones is 1. The van der Waals surface area contributed by atoms with Crippen molar-refractivity contribution in [3.63, 3.8) is 0 Å². The molecule has 0 bridgehead atoms. The summed E-state index contributed by atoms with van der Waals surface area (Å²) in [6.45, 7) is 7.78. The van der Waals surface area contributed by atoms with Gasteiger partial charge >= 0.3 is 0 Å². The van der Waals surface area contributed by atoms with E-state index in [1.54, 1.807) is 0 Å². The minimum Gasteiger partial charge on any atom is -0.486 e. The Morgan fingerprint density at radius 2 is 1.65 bits per heavy atom. The van der Waals surface area contributed by atoms with Crippen molar-refractivity contribution in [2.24, 2.45) is 0 Å². The number of fused-ring (bicyclic) bond motifs is 1. The molecule has 0 amide bonds. The molecule has 5 nitrogen and oxygen atoms in total. The molecule has 1 fully saturated rings. The Kier molecular flexibility index (Phi) is 4.77. The summed E-state index contributed by atoms with van der Waals surface area (Å²) in [6, 6.07) is 16.3. The van der Waals surface area contributed by atoms with Gasteiger partial charge in [-0.15, -0.1) is 10.2 Å². The van der Waals surface area contributed by atoms with Gasteiger partial charge in [-0.25, -0.2) is 0 Å². The molecule has 0 saturated carbocycles. The molecule has 2 aromatic carbocycles. The lowest BCUT2D eigenvalue weighted by Crippen LogP contribution is -2.51. The van der Waals surface area contributed by atoms with Crippen LogP contribution in [0, 0.1) is 20.8 Å². The molecule has 0 N–H and O–H groups in total. The smallest absolute Gasteiger partial charge is 0.170 e. The topological polar surface area (TPSA) is 55.3 Å². The minimum atomic E-state index is -0.408. The molecule has 3 heterocycles. The van der Waals surface area contributed by atoms with Crippen molar-refractivity contribution in [3.05, 3.63) is 70.8 Å². The van der Waals surface area contributed by atoms with E-state index in [-0.39, 0.29) is 5.78 Å².